The molecule has 4 nitrogen and oxygen atoms in total. The molecule has 16 heavy (non-hydrogen) atoms. The van der Waals surface area contributed by atoms with E-state index in [4.69, 9.17) is 13.6 Å². The summed E-state index contributed by atoms with van der Waals surface area (Å²) in [7, 11) is -2.20. The van der Waals surface area contributed by atoms with Crippen molar-refractivity contribution in [3.05, 3.63) is 12.7 Å². The van der Waals surface area contributed by atoms with Gasteiger partial charge in [0.2, 0.25) is 0 Å². The van der Waals surface area contributed by atoms with Crippen molar-refractivity contribution in [2.45, 2.75) is 46.1 Å². The summed E-state index contributed by atoms with van der Waals surface area (Å²) in [4.78, 5) is 11.0. The molecule has 0 aromatic carbocycles. The second kappa shape index (κ2) is 7.59. The number of carbonyl (C=O) groups is 1. The number of carbonyl (C=O) groups excluding carboxylic acids is 1. The highest BCUT2D eigenvalue weighted by molar-refractivity contribution is 6.66. The zero-order chi connectivity index (χ0) is 12.6. The number of hydrogen-bond donors (Lipinski definition) is 0. The van der Waals surface area contributed by atoms with E-state index in [0.717, 1.165) is 18.5 Å². The van der Waals surface area contributed by atoms with E-state index < -0.39 is 20.8 Å². The topological polar surface area (TPSA) is 44.8 Å². The van der Waals surface area contributed by atoms with Gasteiger partial charge in [0.25, 0.3) is 0 Å². The summed E-state index contributed by atoms with van der Waals surface area (Å²) in [5.74, 6) is -0.475. The lowest BCUT2D eigenvalue weighted by molar-refractivity contribution is -0.157. The minimum atomic E-state index is -2.20. The molecule has 0 N–H and O–H groups in total. The van der Waals surface area contributed by atoms with E-state index >= 15 is 0 Å². The Bertz CT molecular complexity index is 224. The van der Waals surface area contributed by atoms with Crippen molar-refractivity contribution in [3.8, 4) is 0 Å². The van der Waals surface area contributed by atoms with Crippen LogP contribution in [0.4, 0.5) is 0 Å². The maximum atomic E-state index is 11.0. The zero-order valence-electron chi connectivity index (χ0n) is 10.6. The van der Waals surface area contributed by atoms with Crippen molar-refractivity contribution < 1.29 is 18.4 Å². The molecular formula is C11H22O4Si. The van der Waals surface area contributed by atoms with Crippen LogP contribution >= 0.6 is 0 Å². The maximum absolute atomic E-state index is 11.0. The van der Waals surface area contributed by atoms with E-state index in [0.29, 0.717) is 6.61 Å². The molecule has 0 aromatic rings. The average Bonchev–Trinajstić information content (AvgIpc) is 2.17. The molecule has 0 saturated carbocycles. The standard InChI is InChI=1S/C11H22O4Si/c1-6-9-16(5,13-8-3)15-10(4)14-11(12)7-2/h7,10H,2,6,8-9H2,1,3-5H3. The fourth-order valence-corrected chi connectivity index (χ4v) is 4.11. The Morgan fingerprint density at radius 2 is 2.12 bits per heavy atom. The van der Waals surface area contributed by atoms with Gasteiger partial charge in [-0.05, 0) is 26.4 Å². The van der Waals surface area contributed by atoms with Gasteiger partial charge in [0.15, 0.2) is 6.29 Å². The van der Waals surface area contributed by atoms with Crippen LogP contribution in [0.5, 0.6) is 0 Å². The van der Waals surface area contributed by atoms with Crippen LogP contribution in [0.3, 0.4) is 0 Å². The number of rotatable bonds is 8. The third-order valence-corrected chi connectivity index (χ3v) is 5.16. The van der Waals surface area contributed by atoms with Crippen LogP contribution < -0.4 is 0 Å². The number of esters is 1. The highest BCUT2D eigenvalue weighted by Gasteiger charge is 2.33. The van der Waals surface area contributed by atoms with E-state index in [1.807, 2.05) is 13.5 Å². The highest BCUT2D eigenvalue weighted by Crippen LogP contribution is 2.18. The first-order valence-corrected chi connectivity index (χ1v) is 8.14. The molecule has 0 fully saturated rings. The third-order valence-electron chi connectivity index (χ3n) is 2.02. The molecule has 0 aromatic heterocycles. The van der Waals surface area contributed by atoms with Gasteiger partial charge in [0, 0.05) is 12.7 Å². The van der Waals surface area contributed by atoms with Crippen LogP contribution in [0.1, 0.15) is 27.2 Å². The smallest absolute Gasteiger partial charge is 0.337 e. The Morgan fingerprint density at radius 3 is 2.56 bits per heavy atom. The van der Waals surface area contributed by atoms with Crippen LogP contribution in [-0.2, 0) is 18.4 Å². The van der Waals surface area contributed by atoms with Gasteiger partial charge in [-0.3, -0.25) is 0 Å². The Hall–Kier alpha value is -0.653. The predicted octanol–water partition coefficient (Wildman–Crippen LogP) is 2.60. The highest BCUT2D eigenvalue weighted by atomic mass is 28.4. The Morgan fingerprint density at radius 1 is 1.50 bits per heavy atom. The second-order valence-electron chi connectivity index (χ2n) is 3.64. The zero-order valence-corrected chi connectivity index (χ0v) is 11.6. The van der Waals surface area contributed by atoms with E-state index in [2.05, 4.69) is 13.5 Å². The van der Waals surface area contributed by atoms with Gasteiger partial charge in [-0.25, -0.2) is 4.79 Å². The largest absolute Gasteiger partial charge is 0.434 e. The van der Waals surface area contributed by atoms with Gasteiger partial charge < -0.3 is 13.6 Å². The second-order valence-corrected chi connectivity index (χ2v) is 6.94. The van der Waals surface area contributed by atoms with E-state index in [-0.39, 0.29) is 0 Å². The Kier molecular flexibility index (Phi) is 7.28. The summed E-state index contributed by atoms with van der Waals surface area (Å²) in [5, 5.41) is 0. The van der Waals surface area contributed by atoms with Gasteiger partial charge in [0.1, 0.15) is 0 Å². The van der Waals surface area contributed by atoms with Gasteiger partial charge in [-0.1, -0.05) is 19.9 Å². The molecule has 0 spiro atoms. The summed E-state index contributed by atoms with van der Waals surface area (Å²) in [5.41, 5.74) is 0. The van der Waals surface area contributed by atoms with Crippen molar-refractivity contribution in [3.63, 3.8) is 0 Å². The van der Waals surface area contributed by atoms with Crippen molar-refractivity contribution in [1.82, 2.24) is 0 Å². The number of ether oxygens (including phenoxy) is 1. The average molecular weight is 246 g/mol. The van der Waals surface area contributed by atoms with Crippen LogP contribution in [0.15, 0.2) is 12.7 Å². The molecule has 0 aliphatic heterocycles. The van der Waals surface area contributed by atoms with Crippen molar-refractivity contribution in [2.75, 3.05) is 6.61 Å². The first-order chi connectivity index (χ1) is 7.47. The monoisotopic (exact) mass is 246 g/mol. The molecule has 2 atom stereocenters. The fraction of sp³-hybridized carbons (Fsp3) is 0.727. The molecule has 2 unspecified atom stereocenters. The Labute approximate surface area is 98.8 Å². The molecule has 94 valence electrons. The maximum Gasteiger partial charge on any atom is 0.337 e. The SMILES string of the molecule is C=CC(=O)OC(C)O[Si](C)(CCC)OCC. The van der Waals surface area contributed by atoms with Crippen molar-refractivity contribution in [2.24, 2.45) is 0 Å². The summed E-state index contributed by atoms with van der Waals surface area (Å²) in [6.45, 7) is 11.6. The normalized spacial score (nSPS) is 16.2. The summed E-state index contributed by atoms with van der Waals surface area (Å²) >= 11 is 0. The van der Waals surface area contributed by atoms with Gasteiger partial charge >= 0.3 is 14.5 Å². The molecule has 0 heterocycles. The lowest BCUT2D eigenvalue weighted by Crippen LogP contribution is -2.42. The minimum absolute atomic E-state index is 0.475. The number of hydrogen-bond acceptors (Lipinski definition) is 4. The molecule has 0 saturated heterocycles. The van der Waals surface area contributed by atoms with Gasteiger partial charge in [-0.15, -0.1) is 0 Å². The minimum Gasteiger partial charge on any atom is -0.434 e. The lowest BCUT2D eigenvalue weighted by atomic mass is 10.6. The van der Waals surface area contributed by atoms with E-state index in [1.165, 1.54) is 0 Å². The lowest BCUT2D eigenvalue weighted by Gasteiger charge is -2.29. The fourth-order valence-electron chi connectivity index (χ4n) is 1.51. The molecule has 0 aliphatic carbocycles. The first kappa shape index (κ1) is 15.3. The predicted molar refractivity (Wildman–Crippen MR) is 65.2 cm³/mol. The molecule has 0 rings (SSSR count). The summed E-state index contributed by atoms with van der Waals surface area (Å²) in [6.07, 6.45) is 1.53. The molecule has 0 amide bonds. The van der Waals surface area contributed by atoms with Crippen LogP contribution in [0.2, 0.25) is 12.6 Å². The molecule has 0 aliphatic rings. The van der Waals surface area contributed by atoms with Gasteiger partial charge in [0.05, 0.1) is 0 Å². The third kappa shape index (κ3) is 6.04. The molecule has 0 bridgehead atoms. The van der Waals surface area contributed by atoms with E-state index in [1.54, 1.807) is 6.92 Å². The van der Waals surface area contributed by atoms with Crippen molar-refractivity contribution in [1.29, 1.82) is 0 Å². The summed E-state index contributed by atoms with van der Waals surface area (Å²) < 4.78 is 16.3. The quantitative estimate of drug-likeness (QED) is 0.286. The van der Waals surface area contributed by atoms with Gasteiger partial charge in [-0.2, -0.15) is 0 Å². The van der Waals surface area contributed by atoms with Crippen LogP contribution in [0.25, 0.3) is 0 Å². The van der Waals surface area contributed by atoms with Crippen LogP contribution in [0, 0.1) is 0 Å². The molecule has 0 radical (unpaired) electrons. The van der Waals surface area contributed by atoms with E-state index in [9.17, 15) is 4.79 Å². The van der Waals surface area contributed by atoms with Crippen molar-refractivity contribution >= 4 is 14.5 Å². The Balaban J connectivity index is 4.26. The summed E-state index contributed by atoms with van der Waals surface area (Å²) in [6, 6.07) is 0.886. The van der Waals surface area contributed by atoms with Crippen LogP contribution in [-0.4, -0.2) is 27.4 Å². The first-order valence-electron chi connectivity index (χ1n) is 5.62. The molecule has 5 heteroatoms. The molecular weight excluding hydrogens is 224 g/mol.